The van der Waals surface area contributed by atoms with Crippen LogP contribution in [-0.4, -0.2) is 14.2 Å². The minimum absolute atomic E-state index is 0.0652. The van der Waals surface area contributed by atoms with Crippen molar-refractivity contribution in [3.63, 3.8) is 0 Å². The number of imidazole rings is 1. The van der Waals surface area contributed by atoms with E-state index < -0.39 is 10.8 Å². The lowest BCUT2D eigenvalue weighted by Crippen LogP contribution is -2.33. The Bertz CT molecular complexity index is 814. The Morgan fingerprint density at radius 1 is 1.38 bits per heavy atom. The Labute approximate surface area is 128 Å². The van der Waals surface area contributed by atoms with Crippen molar-refractivity contribution in [2.24, 2.45) is 0 Å². The lowest BCUT2D eigenvalue weighted by Gasteiger charge is -2.07. The molecule has 0 bridgehead atoms. The van der Waals surface area contributed by atoms with Crippen LogP contribution in [0.2, 0.25) is 5.02 Å². The maximum Gasteiger partial charge on any atom is 0.210 e. The number of para-hydroxylation sites is 2. The summed E-state index contributed by atoms with van der Waals surface area (Å²) >= 11 is 6.00. The maximum absolute atomic E-state index is 12.4. The SMILES string of the molecule is Cc1c(Cl)cc[n+]([O-])c1CS(=O)c1nc2ccccc2[nH]1. The van der Waals surface area contributed by atoms with Crippen molar-refractivity contribution in [1.82, 2.24) is 9.97 Å². The largest absolute Gasteiger partial charge is 0.618 e. The van der Waals surface area contributed by atoms with Crippen LogP contribution < -0.4 is 4.73 Å². The number of H-pyrrole nitrogens is 1. The van der Waals surface area contributed by atoms with Gasteiger partial charge in [0.2, 0.25) is 5.69 Å². The van der Waals surface area contributed by atoms with Gasteiger partial charge in [0.15, 0.2) is 11.4 Å². The van der Waals surface area contributed by atoms with E-state index in [4.69, 9.17) is 11.6 Å². The van der Waals surface area contributed by atoms with E-state index in [9.17, 15) is 9.42 Å². The first kappa shape index (κ1) is 14.0. The summed E-state index contributed by atoms with van der Waals surface area (Å²) in [4.78, 5) is 7.30. The predicted octanol–water partition coefficient (Wildman–Crippen LogP) is 2.47. The highest BCUT2D eigenvalue weighted by Gasteiger charge is 2.19. The van der Waals surface area contributed by atoms with Gasteiger partial charge in [-0.25, -0.2) is 4.98 Å². The molecule has 0 aliphatic rings. The number of hydrogen-bond acceptors (Lipinski definition) is 3. The molecule has 2 aromatic heterocycles. The Morgan fingerprint density at radius 2 is 2.14 bits per heavy atom. The van der Waals surface area contributed by atoms with Gasteiger partial charge < -0.3 is 10.2 Å². The number of fused-ring (bicyclic) bond motifs is 1. The van der Waals surface area contributed by atoms with Crippen molar-refractivity contribution in [1.29, 1.82) is 0 Å². The second-order valence-electron chi connectivity index (χ2n) is 4.61. The van der Waals surface area contributed by atoms with Gasteiger partial charge >= 0.3 is 0 Å². The Balaban J connectivity index is 1.95. The molecule has 0 fully saturated rings. The van der Waals surface area contributed by atoms with Gasteiger partial charge in [0.05, 0.1) is 26.9 Å². The zero-order chi connectivity index (χ0) is 15.0. The molecule has 21 heavy (non-hydrogen) atoms. The third-order valence-corrected chi connectivity index (χ3v) is 4.83. The molecule has 1 unspecified atom stereocenters. The molecule has 7 heteroatoms. The lowest BCUT2D eigenvalue weighted by atomic mass is 10.2. The predicted molar refractivity (Wildman–Crippen MR) is 81.4 cm³/mol. The number of benzene rings is 1. The van der Waals surface area contributed by atoms with E-state index in [2.05, 4.69) is 9.97 Å². The summed E-state index contributed by atoms with van der Waals surface area (Å²) < 4.78 is 13.1. The first-order chi connectivity index (χ1) is 10.1. The van der Waals surface area contributed by atoms with Crippen LogP contribution in [0, 0.1) is 12.1 Å². The number of aromatic amines is 1. The van der Waals surface area contributed by atoms with Crippen molar-refractivity contribution >= 4 is 33.4 Å². The molecule has 0 spiro atoms. The average Bonchev–Trinajstić information content (AvgIpc) is 2.91. The van der Waals surface area contributed by atoms with Gasteiger partial charge in [0.1, 0.15) is 5.75 Å². The molecule has 2 heterocycles. The molecule has 0 amide bonds. The third kappa shape index (κ3) is 2.64. The number of nitrogens with one attached hydrogen (secondary N) is 1. The summed E-state index contributed by atoms with van der Waals surface area (Å²) in [5, 5.41) is 12.7. The zero-order valence-corrected chi connectivity index (χ0v) is 12.7. The summed E-state index contributed by atoms with van der Waals surface area (Å²) in [5.74, 6) is 0.0652. The maximum atomic E-state index is 12.4. The number of pyridine rings is 1. The van der Waals surface area contributed by atoms with Crippen LogP contribution in [-0.2, 0) is 16.6 Å². The van der Waals surface area contributed by atoms with Crippen LogP contribution in [0.5, 0.6) is 0 Å². The molecular weight excluding hydrogens is 310 g/mol. The molecule has 3 rings (SSSR count). The van der Waals surface area contributed by atoms with Crippen LogP contribution in [0.15, 0.2) is 41.7 Å². The topological polar surface area (TPSA) is 72.7 Å². The van der Waals surface area contributed by atoms with Crippen LogP contribution in [0.1, 0.15) is 11.3 Å². The van der Waals surface area contributed by atoms with Gasteiger partial charge in [-0.2, -0.15) is 4.73 Å². The molecule has 0 aliphatic heterocycles. The Hall–Kier alpha value is -1.92. The molecule has 1 aromatic carbocycles. The first-order valence-corrected chi connectivity index (χ1v) is 7.96. The van der Waals surface area contributed by atoms with Gasteiger partial charge in [-0.1, -0.05) is 23.7 Å². The minimum atomic E-state index is -1.44. The number of hydrogen-bond donors (Lipinski definition) is 1. The molecular formula is C14H12ClN3O2S. The van der Waals surface area contributed by atoms with Crippen molar-refractivity contribution in [2.45, 2.75) is 17.8 Å². The van der Waals surface area contributed by atoms with E-state index in [1.54, 1.807) is 6.92 Å². The standard InChI is InChI=1S/C14H12ClN3O2S/c1-9-10(15)6-7-18(19)13(9)8-21(20)14-16-11-4-2-3-5-12(11)17-14/h2-7H,8H2,1H3,(H,16,17). The molecule has 1 atom stereocenters. The lowest BCUT2D eigenvalue weighted by molar-refractivity contribution is -0.613. The van der Waals surface area contributed by atoms with Crippen molar-refractivity contribution in [3.8, 4) is 0 Å². The smallest absolute Gasteiger partial charge is 0.210 e. The normalized spacial score (nSPS) is 12.7. The fourth-order valence-electron chi connectivity index (χ4n) is 2.05. The van der Waals surface area contributed by atoms with Crippen LogP contribution in [0.3, 0.4) is 0 Å². The average molecular weight is 322 g/mol. The van der Waals surface area contributed by atoms with E-state index in [-0.39, 0.29) is 5.75 Å². The van der Waals surface area contributed by atoms with Gasteiger partial charge in [-0.05, 0) is 19.1 Å². The van der Waals surface area contributed by atoms with Gasteiger partial charge in [0.25, 0.3) is 0 Å². The van der Waals surface area contributed by atoms with Crippen LogP contribution in [0.4, 0.5) is 0 Å². The van der Waals surface area contributed by atoms with E-state index in [0.29, 0.717) is 26.2 Å². The van der Waals surface area contributed by atoms with E-state index in [1.807, 2.05) is 24.3 Å². The van der Waals surface area contributed by atoms with Gasteiger partial charge in [0, 0.05) is 11.6 Å². The number of rotatable bonds is 3. The zero-order valence-electron chi connectivity index (χ0n) is 11.2. The highest BCUT2D eigenvalue weighted by atomic mass is 35.5. The van der Waals surface area contributed by atoms with Gasteiger partial charge in [-0.3, -0.25) is 4.21 Å². The summed E-state index contributed by atoms with van der Waals surface area (Å²) in [5.41, 5.74) is 2.59. The summed E-state index contributed by atoms with van der Waals surface area (Å²) in [6.07, 6.45) is 1.32. The quantitative estimate of drug-likeness (QED) is 0.595. The summed E-state index contributed by atoms with van der Waals surface area (Å²) in [6, 6.07) is 8.96. The second kappa shape index (κ2) is 5.46. The van der Waals surface area contributed by atoms with E-state index in [1.165, 1.54) is 12.3 Å². The van der Waals surface area contributed by atoms with Crippen molar-refractivity contribution < 1.29 is 8.94 Å². The number of halogens is 1. The van der Waals surface area contributed by atoms with Crippen molar-refractivity contribution in [3.05, 3.63) is 58.0 Å². The number of nitrogens with zero attached hydrogens (tertiary/aromatic N) is 2. The molecule has 5 nitrogen and oxygen atoms in total. The van der Waals surface area contributed by atoms with E-state index >= 15 is 0 Å². The first-order valence-electron chi connectivity index (χ1n) is 6.26. The molecule has 0 aliphatic carbocycles. The van der Waals surface area contributed by atoms with Crippen LogP contribution >= 0.6 is 11.6 Å². The van der Waals surface area contributed by atoms with Crippen molar-refractivity contribution in [2.75, 3.05) is 0 Å². The highest BCUT2D eigenvalue weighted by molar-refractivity contribution is 7.84. The monoisotopic (exact) mass is 321 g/mol. The molecule has 0 radical (unpaired) electrons. The molecule has 0 saturated carbocycles. The molecule has 0 saturated heterocycles. The highest BCUT2D eigenvalue weighted by Crippen LogP contribution is 2.19. The summed E-state index contributed by atoms with van der Waals surface area (Å²) in [6.45, 7) is 1.74. The van der Waals surface area contributed by atoms with E-state index in [0.717, 1.165) is 11.0 Å². The second-order valence-corrected chi connectivity index (χ2v) is 6.38. The summed E-state index contributed by atoms with van der Waals surface area (Å²) in [7, 11) is -1.44. The minimum Gasteiger partial charge on any atom is -0.618 e. The molecule has 3 aromatic rings. The van der Waals surface area contributed by atoms with Crippen LogP contribution in [0.25, 0.3) is 11.0 Å². The third-order valence-electron chi connectivity index (χ3n) is 3.26. The molecule has 108 valence electrons. The fraction of sp³-hybridized carbons (Fsp3) is 0.143. The number of aromatic nitrogens is 3. The Kier molecular flexibility index (Phi) is 3.65. The fourth-order valence-corrected chi connectivity index (χ4v) is 3.37. The molecule has 1 N–H and O–H groups in total. The van der Waals surface area contributed by atoms with Gasteiger partial charge in [-0.15, -0.1) is 0 Å². The Morgan fingerprint density at radius 3 is 2.90 bits per heavy atom.